The number of hydrogen-bond donors (Lipinski definition) is 1. The number of benzene rings is 1. The quantitative estimate of drug-likeness (QED) is 0.806. The van der Waals surface area contributed by atoms with E-state index >= 15 is 0 Å². The third-order valence-electron chi connectivity index (χ3n) is 3.19. The van der Waals surface area contributed by atoms with Gasteiger partial charge in [0.15, 0.2) is 5.78 Å². The Labute approximate surface area is 118 Å². The molecule has 2 atom stereocenters. The molecule has 20 heavy (non-hydrogen) atoms. The molecular formula is C13H14N2O4S. The van der Waals surface area contributed by atoms with Gasteiger partial charge in [0.2, 0.25) is 11.8 Å². The van der Waals surface area contributed by atoms with Gasteiger partial charge in [0.25, 0.3) is 0 Å². The van der Waals surface area contributed by atoms with Crippen molar-refractivity contribution in [2.75, 3.05) is 10.7 Å². The number of anilines is 1. The maximum Gasteiger partial charge on any atom is 0.240 e. The number of carbonyl (C=O) groups excluding carboxylic acids is 3. The maximum atomic E-state index is 12.0. The number of nitrogens with two attached hydrogens (primary N) is 1. The summed E-state index contributed by atoms with van der Waals surface area (Å²) < 4.78 is 12.0. The van der Waals surface area contributed by atoms with E-state index in [-0.39, 0.29) is 11.5 Å². The van der Waals surface area contributed by atoms with E-state index in [4.69, 9.17) is 5.73 Å². The van der Waals surface area contributed by atoms with Crippen LogP contribution in [0.5, 0.6) is 0 Å². The number of fused-ring (bicyclic) bond motifs is 1. The molecule has 0 aromatic heterocycles. The second-order valence-electron chi connectivity index (χ2n) is 4.57. The molecule has 2 unspecified atom stereocenters. The van der Waals surface area contributed by atoms with Crippen molar-refractivity contribution >= 4 is 34.1 Å². The van der Waals surface area contributed by atoms with Crippen molar-refractivity contribution in [2.45, 2.75) is 24.8 Å². The first-order chi connectivity index (χ1) is 9.32. The van der Waals surface area contributed by atoms with Crippen LogP contribution in [0.25, 0.3) is 0 Å². The first kappa shape index (κ1) is 14.4. The summed E-state index contributed by atoms with van der Waals surface area (Å²) in [6, 6.07) is 3.73. The molecule has 6 nitrogen and oxygen atoms in total. The van der Waals surface area contributed by atoms with Crippen molar-refractivity contribution < 1.29 is 18.6 Å². The lowest BCUT2D eigenvalue weighted by Crippen LogP contribution is -2.50. The molecule has 0 saturated carbocycles. The topological polar surface area (TPSA) is 97.5 Å². The Bertz CT molecular complexity index is 641. The van der Waals surface area contributed by atoms with Gasteiger partial charge < -0.3 is 5.73 Å². The fourth-order valence-electron chi connectivity index (χ4n) is 2.06. The minimum atomic E-state index is -1.47. The van der Waals surface area contributed by atoms with Gasteiger partial charge in [-0.05, 0) is 26.0 Å². The highest BCUT2D eigenvalue weighted by atomic mass is 32.2. The van der Waals surface area contributed by atoms with Crippen LogP contribution >= 0.6 is 0 Å². The van der Waals surface area contributed by atoms with E-state index < -0.39 is 28.7 Å². The summed E-state index contributed by atoms with van der Waals surface area (Å²) in [6.07, 6.45) is 0. The number of nitrogens with zero attached hydrogens (tertiary/aromatic N) is 1. The molecule has 1 heterocycles. The minimum absolute atomic E-state index is 0.178. The summed E-state index contributed by atoms with van der Waals surface area (Å²) in [6.45, 7) is 2.89. The third kappa shape index (κ3) is 2.36. The maximum absolute atomic E-state index is 12.0. The Balaban J connectivity index is 2.62. The lowest BCUT2D eigenvalue weighted by atomic mass is 10.1. The number of rotatable bonds is 3. The fourth-order valence-corrected chi connectivity index (χ4v) is 3.19. The van der Waals surface area contributed by atoms with Crippen LogP contribution in [0.4, 0.5) is 5.69 Å². The van der Waals surface area contributed by atoms with Crippen molar-refractivity contribution in [2.24, 2.45) is 5.73 Å². The molecule has 0 spiro atoms. The summed E-state index contributed by atoms with van der Waals surface area (Å²) in [5, 5.41) is 0. The first-order valence-corrected chi connectivity index (χ1v) is 7.29. The Morgan fingerprint density at radius 1 is 1.40 bits per heavy atom. The smallest absolute Gasteiger partial charge is 0.240 e. The van der Waals surface area contributed by atoms with E-state index in [2.05, 4.69) is 0 Å². The van der Waals surface area contributed by atoms with Gasteiger partial charge in [-0.25, -0.2) is 0 Å². The fraction of sp³-hybridized carbons (Fsp3) is 0.308. The number of hydrogen-bond acceptors (Lipinski definition) is 4. The standard InChI is InChI=1S/C13H14N2O4S/c1-7(13(14)18)15-10-5-9(8(2)16)3-4-11(10)20(19)6-12(15)17/h3-5,7H,6H2,1-2H3,(H2,14,18). The molecule has 2 N–H and O–H groups in total. The summed E-state index contributed by atoms with van der Waals surface area (Å²) in [5.74, 6) is -1.47. The van der Waals surface area contributed by atoms with Gasteiger partial charge in [-0.15, -0.1) is 0 Å². The molecule has 1 aromatic rings. The number of carbonyl (C=O) groups is 3. The van der Waals surface area contributed by atoms with E-state index in [9.17, 15) is 18.6 Å². The van der Waals surface area contributed by atoms with Crippen molar-refractivity contribution in [3.05, 3.63) is 23.8 Å². The molecule has 0 radical (unpaired) electrons. The molecule has 106 valence electrons. The van der Waals surface area contributed by atoms with Crippen LogP contribution in [0.3, 0.4) is 0 Å². The average molecular weight is 294 g/mol. The summed E-state index contributed by atoms with van der Waals surface area (Å²) in [5.41, 5.74) is 5.95. The Morgan fingerprint density at radius 3 is 2.60 bits per heavy atom. The normalized spacial score (nSPS) is 19.4. The van der Waals surface area contributed by atoms with E-state index in [0.29, 0.717) is 16.1 Å². The van der Waals surface area contributed by atoms with Gasteiger partial charge in [0.05, 0.1) is 21.4 Å². The molecule has 7 heteroatoms. The molecule has 2 rings (SSSR count). The monoisotopic (exact) mass is 294 g/mol. The number of amides is 2. The van der Waals surface area contributed by atoms with Crippen LogP contribution in [-0.4, -0.2) is 33.6 Å². The zero-order valence-corrected chi connectivity index (χ0v) is 11.9. The van der Waals surface area contributed by atoms with E-state index in [0.717, 1.165) is 0 Å². The summed E-state index contributed by atoms with van der Waals surface area (Å²) in [7, 11) is -1.47. The second-order valence-corrected chi connectivity index (χ2v) is 5.99. The molecule has 0 saturated heterocycles. The Kier molecular flexibility index (Phi) is 3.71. The number of primary amides is 1. The van der Waals surface area contributed by atoms with Crippen LogP contribution < -0.4 is 10.6 Å². The second kappa shape index (κ2) is 5.16. The largest absolute Gasteiger partial charge is 0.368 e. The van der Waals surface area contributed by atoms with Crippen LogP contribution in [0.1, 0.15) is 24.2 Å². The van der Waals surface area contributed by atoms with E-state index in [1.807, 2.05) is 0 Å². The van der Waals surface area contributed by atoms with E-state index in [1.54, 1.807) is 12.1 Å². The number of Topliss-reactive ketones (excluding diaryl/α,β-unsaturated/α-hetero) is 1. The zero-order chi connectivity index (χ0) is 15.0. The molecule has 0 bridgehead atoms. The van der Waals surface area contributed by atoms with Gasteiger partial charge in [-0.2, -0.15) is 0 Å². The van der Waals surface area contributed by atoms with E-state index in [1.165, 1.54) is 24.8 Å². The highest BCUT2D eigenvalue weighted by molar-refractivity contribution is 7.86. The highest BCUT2D eigenvalue weighted by Crippen LogP contribution is 2.31. The van der Waals surface area contributed by atoms with Gasteiger partial charge in [0.1, 0.15) is 11.8 Å². The average Bonchev–Trinajstić information content (AvgIpc) is 2.37. The first-order valence-electron chi connectivity index (χ1n) is 5.97. The van der Waals surface area contributed by atoms with Gasteiger partial charge in [-0.3, -0.25) is 23.5 Å². The van der Waals surface area contributed by atoms with Gasteiger partial charge in [-0.1, -0.05) is 6.07 Å². The Hall–Kier alpha value is -2.02. The molecule has 0 aliphatic carbocycles. The van der Waals surface area contributed by atoms with Crippen molar-refractivity contribution in [3.8, 4) is 0 Å². The van der Waals surface area contributed by atoms with Crippen molar-refractivity contribution in [1.82, 2.24) is 0 Å². The van der Waals surface area contributed by atoms with Crippen LogP contribution in [0, 0.1) is 0 Å². The minimum Gasteiger partial charge on any atom is -0.368 e. The summed E-state index contributed by atoms with van der Waals surface area (Å²) >= 11 is 0. The molecular weight excluding hydrogens is 280 g/mol. The van der Waals surface area contributed by atoms with Crippen LogP contribution in [0.2, 0.25) is 0 Å². The molecule has 2 amide bonds. The van der Waals surface area contributed by atoms with Crippen molar-refractivity contribution in [3.63, 3.8) is 0 Å². The predicted octanol–water partition coefficient (Wildman–Crippen LogP) is 0.217. The molecule has 1 aromatic carbocycles. The predicted molar refractivity (Wildman–Crippen MR) is 73.9 cm³/mol. The van der Waals surface area contributed by atoms with Crippen LogP contribution in [0.15, 0.2) is 23.1 Å². The zero-order valence-electron chi connectivity index (χ0n) is 11.1. The van der Waals surface area contributed by atoms with Crippen LogP contribution in [-0.2, 0) is 20.4 Å². The van der Waals surface area contributed by atoms with Crippen molar-refractivity contribution in [1.29, 1.82) is 0 Å². The SMILES string of the molecule is CC(=O)c1ccc2c(c1)N(C(C)C(N)=O)C(=O)CS2=O. The number of ketones is 1. The van der Waals surface area contributed by atoms with Gasteiger partial charge in [0, 0.05) is 5.56 Å². The lowest BCUT2D eigenvalue weighted by Gasteiger charge is -2.32. The lowest BCUT2D eigenvalue weighted by molar-refractivity contribution is -0.123. The highest BCUT2D eigenvalue weighted by Gasteiger charge is 2.34. The molecule has 0 fully saturated rings. The Morgan fingerprint density at radius 2 is 2.05 bits per heavy atom. The molecule has 1 aliphatic heterocycles. The molecule has 1 aliphatic rings. The summed E-state index contributed by atoms with van der Waals surface area (Å²) in [4.78, 5) is 36.5. The third-order valence-corrected chi connectivity index (χ3v) is 4.54. The van der Waals surface area contributed by atoms with Gasteiger partial charge >= 0.3 is 0 Å².